The van der Waals surface area contributed by atoms with Crippen molar-refractivity contribution in [3.8, 4) is 0 Å². The van der Waals surface area contributed by atoms with E-state index in [4.69, 9.17) is 0 Å². The van der Waals surface area contributed by atoms with Gasteiger partial charge in [-0.2, -0.15) is 0 Å². The topological polar surface area (TPSA) is 70.4 Å². The van der Waals surface area contributed by atoms with Crippen LogP contribution in [0.5, 0.6) is 0 Å². The Balaban J connectivity index is 1.80. The molecule has 1 aromatic rings. The lowest BCUT2D eigenvalue weighted by atomic mass is 10.1. The van der Waals surface area contributed by atoms with E-state index in [-0.39, 0.29) is 0 Å². The maximum atomic E-state index is 4.59. The van der Waals surface area contributed by atoms with Gasteiger partial charge in [0.25, 0.3) is 0 Å². The molecule has 1 saturated heterocycles. The van der Waals surface area contributed by atoms with Crippen LogP contribution in [0.2, 0.25) is 0 Å². The number of rotatable bonds is 6. The highest BCUT2D eigenvalue weighted by Gasteiger charge is 2.09. The van der Waals surface area contributed by atoms with Crippen LogP contribution < -0.4 is 10.6 Å². The third-order valence-electron chi connectivity index (χ3n) is 4.07. The Bertz CT molecular complexity index is 474. The van der Waals surface area contributed by atoms with Crippen molar-refractivity contribution in [2.24, 2.45) is 12.0 Å². The van der Waals surface area contributed by atoms with Crippen LogP contribution in [0.4, 0.5) is 0 Å². The number of likely N-dealkylation sites (tertiary alicyclic amines) is 1. The fraction of sp³-hybridized carbons (Fsp3) is 0.800. The Morgan fingerprint density at radius 3 is 2.59 bits per heavy atom. The van der Waals surface area contributed by atoms with Gasteiger partial charge in [-0.1, -0.05) is 6.42 Å². The van der Waals surface area contributed by atoms with Gasteiger partial charge in [0.1, 0.15) is 12.4 Å². The molecule has 22 heavy (non-hydrogen) atoms. The van der Waals surface area contributed by atoms with Crippen LogP contribution in [-0.2, 0) is 13.6 Å². The minimum atomic E-state index is 0.538. The molecule has 0 atom stereocenters. The van der Waals surface area contributed by atoms with Crippen LogP contribution in [0.25, 0.3) is 0 Å². The van der Waals surface area contributed by atoms with Crippen LogP contribution in [0.1, 0.15) is 37.8 Å². The molecule has 1 aliphatic heterocycles. The molecule has 0 aliphatic carbocycles. The summed E-state index contributed by atoms with van der Waals surface area (Å²) in [5.41, 5.74) is 0. The molecule has 1 aromatic heterocycles. The predicted octanol–water partition coefficient (Wildman–Crippen LogP) is 0.665. The van der Waals surface area contributed by atoms with Crippen molar-refractivity contribution < 1.29 is 0 Å². The summed E-state index contributed by atoms with van der Waals surface area (Å²) in [5, 5.41) is 14.9. The number of aliphatic imine (C=N–C) groups is 1. The first-order valence-electron chi connectivity index (χ1n) is 8.30. The Labute approximate surface area is 133 Å². The highest BCUT2D eigenvalue weighted by molar-refractivity contribution is 5.79. The molecule has 2 heterocycles. The highest BCUT2D eigenvalue weighted by Crippen LogP contribution is 2.07. The third-order valence-corrected chi connectivity index (χ3v) is 4.07. The molecule has 1 fully saturated rings. The van der Waals surface area contributed by atoms with Gasteiger partial charge in [-0.05, 0) is 39.8 Å². The van der Waals surface area contributed by atoms with Gasteiger partial charge in [0.2, 0.25) is 0 Å². The van der Waals surface area contributed by atoms with Crippen molar-refractivity contribution in [1.29, 1.82) is 0 Å². The average molecular weight is 307 g/mol. The number of aryl methyl sites for hydroxylation is 1. The fourth-order valence-corrected chi connectivity index (χ4v) is 2.60. The summed E-state index contributed by atoms with van der Waals surface area (Å²) < 4.78 is 1.97. The minimum Gasteiger partial charge on any atom is -0.357 e. The van der Waals surface area contributed by atoms with E-state index in [1.807, 2.05) is 18.5 Å². The molecule has 7 heteroatoms. The van der Waals surface area contributed by atoms with Crippen molar-refractivity contribution in [2.75, 3.05) is 32.7 Å². The quantitative estimate of drug-likeness (QED) is 0.597. The monoisotopic (exact) mass is 307 g/mol. The first-order chi connectivity index (χ1) is 10.7. The van der Waals surface area contributed by atoms with E-state index in [2.05, 4.69) is 37.6 Å². The van der Waals surface area contributed by atoms with Crippen molar-refractivity contribution in [3.63, 3.8) is 0 Å². The first-order valence-corrected chi connectivity index (χ1v) is 8.30. The number of guanidine groups is 1. The molecule has 2 N–H and O–H groups in total. The molecule has 7 nitrogen and oxygen atoms in total. The predicted molar refractivity (Wildman–Crippen MR) is 88.8 cm³/mol. The third kappa shape index (κ3) is 4.98. The van der Waals surface area contributed by atoms with Gasteiger partial charge >= 0.3 is 0 Å². The zero-order valence-corrected chi connectivity index (χ0v) is 14.1. The van der Waals surface area contributed by atoms with Crippen LogP contribution in [0, 0.1) is 6.92 Å². The molecule has 0 aromatic carbocycles. The van der Waals surface area contributed by atoms with Gasteiger partial charge in [-0.15, -0.1) is 10.2 Å². The highest BCUT2D eigenvalue weighted by atomic mass is 15.3. The second-order valence-corrected chi connectivity index (χ2v) is 5.75. The van der Waals surface area contributed by atoms with Crippen molar-refractivity contribution in [3.05, 3.63) is 11.6 Å². The normalized spacial score (nSPS) is 16.8. The van der Waals surface area contributed by atoms with Crippen LogP contribution in [0.15, 0.2) is 4.99 Å². The van der Waals surface area contributed by atoms with Gasteiger partial charge in [-0.3, -0.25) is 0 Å². The van der Waals surface area contributed by atoms with Crippen molar-refractivity contribution in [1.82, 2.24) is 30.3 Å². The number of piperidine rings is 1. The molecule has 0 saturated carbocycles. The van der Waals surface area contributed by atoms with Gasteiger partial charge < -0.3 is 20.1 Å². The SMILES string of the molecule is CCNC(=NCc1nnc(C)n1C)NCCN1CCCCC1. The molecule has 0 unspecified atom stereocenters. The first kappa shape index (κ1) is 16.7. The van der Waals surface area contributed by atoms with Gasteiger partial charge in [0.05, 0.1) is 0 Å². The van der Waals surface area contributed by atoms with E-state index in [1.165, 1.54) is 32.4 Å². The van der Waals surface area contributed by atoms with E-state index >= 15 is 0 Å². The molecule has 0 spiro atoms. The smallest absolute Gasteiger partial charge is 0.191 e. The molecule has 1 aliphatic rings. The lowest BCUT2D eigenvalue weighted by molar-refractivity contribution is 0.232. The Morgan fingerprint density at radius 1 is 1.18 bits per heavy atom. The minimum absolute atomic E-state index is 0.538. The summed E-state index contributed by atoms with van der Waals surface area (Å²) in [6.45, 7) is 9.87. The molecule has 124 valence electrons. The summed E-state index contributed by atoms with van der Waals surface area (Å²) in [5.74, 6) is 2.64. The van der Waals surface area contributed by atoms with Gasteiger partial charge in [-0.25, -0.2) is 4.99 Å². The molecule has 2 rings (SSSR count). The molecular formula is C15H29N7. The summed E-state index contributed by atoms with van der Waals surface area (Å²) in [4.78, 5) is 7.11. The standard InChI is InChI=1S/C15H29N7/c1-4-16-15(17-8-11-22-9-6-5-7-10-22)18-12-14-20-19-13(2)21(14)3/h4-12H2,1-3H3,(H2,16,17,18). The number of nitrogens with one attached hydrogen (secondary N) is 2. The molecular weight excluding hydrogens is 278 g/mol. The average Bonchev–Trinajstić information content (AvgIpc) is 2.85. The summed E-state index contributed by atoms with van der Waals surface area (Å²) in [6, 6.07) is 0. The number of nitrogens with zero attached hydrogens (tertiary/aromatic N) is 5. The van der Waals surface area contributed by atoms with E-state index in [1.54, 1.807) is 0 Å². The largest absolute Gasteiger partial charge is 0.357 e. The van der Waals surface area contributed by atoms with Gasteiger partial charge in [0, 0.05) is 26.7 Å². The van der Waals surface area contributed by atoms with Crippen molar-refractivity contribution in [2.45, 2.75) is 39.7 Å². The summed E-state index contributed by atoms with van der Waals surface area (Å²) in [7, 11) is 1.97. The summed E-state index contributed by atoms with van der Waals surface area (Å²) >= 11 is 0. The fourth-order valence-electron chi connectivity index (χ4n) is 2.60. The van der Waals surface area contributed by atoms with Crippen LogP contribution in [0.3, 0.4) is 0 Å². The van der Waals surface area contributed by atoms with Crippen molar-refractivity contribution >= 4 is 5.96 Å². The van der Waals surface area contributed by atoms with E-state index in [0.717, 1.165) is 37.2 Å². The second kappa shape index (κ2) is 8.73. The zero-order chi connectivity index (χ0) is 15.8. The maximum absolute atomic E-state index is 4.59. The van der Waals surface area contributed by atoms with Gasteiger partial charge in [0.15, 0.2) is 11.8 Å². The molecule has 0 radical (unpaired) electrons. The number of aromatic nitrogens is 3. The lowest BCUT2D eigenvalue weighted by Gasteiger charge is -2.26. The number of hydrogen-bond acceptors (Lipinski definition) is 4. The Morgan fingerprint density at radius 2 is 1.95 bits per heavy atom. The van der Waals surface area contributed by atoms with Crippen LogP contribution >= 0.6 is 0 Å². The van der Waals surface area contributed by atoms with E-state index in [9.17, 15) is 0 Å². The Kier molecular flexibility index (Phi) is 6.64. The Hall–Kier alpha value is -1.63. The lowest BCUT2D eigenvalue weighted by Crippen LogP contribution is -2.42. The zero-order valence-electron chi connectivity index (χ0n) is 14.1. The number of hydrogen-bond donors (Lipinski definition) is 2. The van der Waals surface area contributed by atoms with E-state index < -0.39 is 0 Å². The summed E-state index contributed by atoms with van der Waals surface area (Å²) in [6.07, 6.45) is 4.05. The second-order valence-electron chi connectivity index (χ2n) is 5.75. The maximum Gasteiger partial charge on any atom is 0.191 e. The molecule has 0 amide bonds. The van der Waals surface area contributed by atoms with Crippen LogP contribution in [-0.4, -0.2) is 58.3 Å². The molecule has 0 bridgehead atoms. The van der Waals surface area contributed by atoms with E-state index in [0.29, 0.717) is 6.54 Å².